The lowest BCUT2D eigenvalue weighted by atomic mass is 10.1. The maximum atomic E-state index is 11.8. The number of allylic oxidation sites excluding steroid dienone is 2. The van der Waals surface area contributed by atoms with Gasteiger partial charge < -0.3 is 9.47 Å². The van der Waals surface area contributed by atoms with Crippen molar-refractivity contribution in [3.05, 3.63) is 54.3 Å². The highest BCUT2D eigenvalue weighted by Gasteiger charge is 2.14. The normalized spacial score (nSPS) is 11.4. The van der Waals surface area contributed by atoms with E-state index in [4.69, 9.17) is 9.47 Å². The van der Waals surface area contributed by atoms with Crippen LogP contribution in [0.15, 0.2) is 54.3 Å². The van der Waals surface area contributed by atoms with Crippen molar-refractivity contribution in [3.63, 3.8) is 0 Å². The van der Waals surface area contributed by atoms with Gasteiger partial charge in [0.05, 0.1) is 12.2 Å². The Labute approximate surface area is 108 Å². The zero-order chi connectivity index (χ0) is 13.4. The third-order valence-corrected chi connectivity index (χ3v) is 2.31. The number of para-hydroxylation sites is 1. The number of hydrogen-bond acceptors (Lipinski definition) is 3. The smallest absolute Gasteiger partial charge is 0.337 e. The molecular weight excluding hydrogens is 228 g/mol. The molecular formula is C15H18O3. The lowest BCUT2D eigenvalue weighted by Gasteiger charge is -2.11. The third-order valence-electron chi connectivity index (χ3n) is 2.31. The van der Waals surface area contributed by atoms with E-state index in [0.29, 0.717) is 30.1 Å². The minimum atomic E-state index is -0.356. The van der Waals surface area contributed by atoms with E-state index in [-0.39, 0.29) is 5.97 Å². The minimum absolute atomic E-state index is 0.345. The van der Waals surface area contributed by atoms with Gasteiger partial charge in [0.2, 0.25) is 0 Å². The van der Waals surface area contributed by atoms with E-state index in [9.17, 15) is 4.79 Å². The molecule has 0 amide bonds. The number of ether oxygens (including phenoxy) is 2. The van der Waals surface area contributed by atoms with E-state index < -0.39 is 0 Å². The van der Waals surface area contributed by atoms with E-state index in [2.05, 4.69) is 6.58 Å². The van der Waals surface area contributed by atoms with Crippen LogP contribution < -0.4 is 4.74 Å². The van der Waals surface area contributed by atoms with E-state index in [1.54, 1.807) is 19.9 Å². The quantitative estimate of drug-likeness (QED) is 0.333. The van der Waals surface area contributed by atoms with E-state index in [1.807, 2.05) is 30.3 Å². The zero-order valence-corrected chi connectivity index (χ0v) is 10.8. The number of carbonyl (C=O) groups excluding carboxylic acids is 1. The van der Waals surface area contributed by atoms with E-state index in [1.165, 1.54) is 0 Å². The molecule has 0 atom stereocenters. The Kier molecular flexibility index (Phi) is 5.71. The second-order valence-corrected chi connectivity index (χ2v) is 3.66. The van der Waals surface area contributed by atoms with Gasteiger partial charge in [-0.15, -0.1) is 6.58 Å². The number of carbonyl (C=O) groups is 1. The molecule has 18 heavy (non-hydrogen) atoms. The first kappa shape index (κ1) is 14.0. The van der Waals surface area contributed by atoms with Crippen molar-refractivity contribution in [3.8, 4) is 5.75 Å². The highest BCUT2D eigenvalue weighted by molar-refractivity contribution is 5.89. The van der Waals surface area contributed by atoms with Crippen molar-refractivity contribution in [1.29, 1.82) is 0 Å². The maximum absolute atomic E-state index is 11.8. The van der Waals surface area contributed by atoms with E-state index in [0.717, 1.165) is 0 Å². The SMILES string of the molecule is C=CC/C(C(=O)OCC)=C(\C)Oc1ccccc1. The predicted molar refractivity (Wildman–Crippen MR) is 71.2 cm³/mol. The molecule has 0 bridgehead atoms. The standard InChI is InChI=1S/C15H18O3/c1-4-9-14(15(16)17-5-2)12(3)18-13-10-7-6-8-11-13/h4,6-8,10-11H,1,5,9H2,2-3H3/b14-12-. The molecule has 3 nitrogen and oxygen atoms in total. The topological polar surface area (TPSA) is 35.5 Å². The van der Waals surface area contributed by atoms with Crippen LogP contribution in [0.3, 0.4) is 0 Å². The Morgan fingerprint density at radius 2 is 2.00 bits per heavy atom. The maximum Gasteiger partial charge on any atom is 0.337 e. The second kappa shape index (κ2) is 7.33. The molecule has 1 rings (SSSR count). The lowest BCUT2D eigenvalue weighted by Crippen LogP contribution is -2.11. The summed E-state index contributed by atoms with van der Waals surface area (Å²) < 4.78 is 10.6. The van der Waals surface area contributed by atoms with Crippen molar-refractivity contribution < 1.29 is 14.3 Å². The summed E-state index contributed by atoms with van der Waals surface area (Å²) in [6.07, 6.45) is 2.08. The Morgan fingerprint density at radius 1 is 1.33 bits per heavy atom. The molecule has 0 heterocycles. The summed E-state index contributed by atoms with van der Waals surface area (Å²) in [5.74, 6) is 0.881. The minimum Gasteiger partial charge on any atom is -0.463 e. The fraction of sp³-hybridized carbons (Fsp3) is 0.267. The van der Waals surface area contributed by atoms with Crippen LogP contribution in [0.2, 0.25) is 0 Å². The third kappa shape index (κ3) is 4.09. The Balaban J connectivity index is 2.89. The first-order chi connectivity index (χ1) is 8.69. The molecule has 0 fully saturated rings. The first-order valence-corrected chi connectivity index (χ1v) is 5.89. The fourth-order valence-corrected chi connectivity index (χ4v) is 1.46. The second-order valence-electron chi connectivity index (χ2n) is 3.66. The van der Waals surface area contributed by atoms with Crippen molar-refractivity contribution in [2.75, 3.05) is 6.61 Å². The molecule has 0 aliphatic heterocycles. The summed E-state index contributed by atoms with van der Waals surface area (Å²) in [6.45, 7) is 7.51. The Morgan fingerprint density at radius 3 is 2.56 bits per heavy atom. The highest BCUT2D eigenvalue weighted by atomic mass is 16.5. The lowest BCUT2D eigenvalue weighted by molar-refractivity contribution is -0.138. The Hall–Kier alpha value is -2.03. The van der Waals surface area contributed by atoms with Crippen LogP contribution in [-0.2, 0) is 9.53 Å². The van der Waals surface area contributed by atoms with Crippen molar-refractivity contribution >= 4 is 5.97 Å². The van der Waals surface area contributed by atoms with Gasteiger partial charge >= 0.3 is 5.97 Å². The van der Waals surface area contributed by atoms with Crippen LogP contribution in [0.1, 0.15) is 20.3 Å². The van der Waals surface area contributed by atoms with Crippen LogP contribution in [0.25, 0.3) is 0 Å². The average Bonchev–Trinajstić information content (AvgIpc) is 2.37. The molecule has 0 aliphatic carbocycles. The monoisotopic (exact) mass is 246 g/mol. The van der Waals surface area contributed by atoms with Gasteiger partial charge in [0.15, 0.2) is 0 Å². The molecule has 96 valence electrons. The molecule has 0 unspecified atom stereocenters. The predicted octanol–water partition coefficient (Wildman–Crippen LogP) is 3.48. The summed E-state index contributed by atoms with van der Waals surface area (Å²) in [5, 5.41) is 0. The molecule has 1 aromatic carbocycles. The molecule has 0 saturated heterocycles. The van der Waals surface area contributed by atoms with Gasteiger partial charge in [0.1, 0.15) is 11.5 Å². The van der Waals surface area contributed by atoms with Gasteiger partial charge in [-0.05, 0) is 26.0 Å². The van der Waals surface area contributed by atoms with Crippen LogP contribution >= 0.6 is 0 Å². The van der Waals surface area contributed by atoms with Gasteiger partial charge in [-0.3, -0.25) is 0 Å². The molecule has 1 aromatic rings. The number of hydrogen-bond donors (Lipinski definition) is 0. The van der Waals surface area contributed by atoms with E-state index >= 15 is 0 Å². The van der Waals surface area contributed by atoms with Gasteiger partial charge in [0.25, 0.3) is 0 Å². The summed E-state index contributed by atoms with van der Waals surface area (Å²) in [6, 6.07) is 9.32. The molecule has 0 saturated carbocycles. The van der Waals surface area contributed by atoms with Crippen molar-refractivity contribution in [1.82, 2.24) is 0 Å². The van der Waals surface area contributed by atoms with Crippen LogP contribution in [0.5, 0.6) is 5.75 Å². The van der Waals surface area contributed by atoms with Crippen molar-refractivity contribution in [2.24, 2.45) is 0 Å². The molecule has 0 aliphatic rings. The zero-order valence-electron chi connectivity index (χ0n) is 10.8. The molecule has 0 aromatic heterocycles. The molecule has 0 N–H and O–H groups in total. The molecule has 0 spiro atoms. The van der Waals surface area contributed by atoms with Crippen LogP contribution in [0, 0.1) is 0 Å². The number of benzene rings is 1. The first-order valence-electron chi connectivity index (χ1n) is 5.89. The largest absolute Gasteiger partial charge is 0.463 e. The number of esters is 1. The molecule has 3 heteroatoms. The van der Waals surface area contributed by atoms with Gasteiger partial charge in [-0.2, -0.15) is 0 Å². The number of rotatable bonds is 6. The van der Waals surface area contributed by atoms with Crippen molar-refractivity contribution in [2.45, 2.75) is 20.3 Å². The van der Waals surface area contributed by atoms with Crippen LogP contribution in [-0.4, -0.2) is 12.6 Å². The van der Waals surface area contributed by atoms with Crippen LogP contribution in [0.4, 0.5) is 0 Å². The summed E-state index contributed by atoms with van der Waals surface area (Å²) in [5.41, 5.74) is 0.496. The highest BCUT2D eigenvalue weighted by Crippen LogP contribution is 2.18. The summed E-state index contributed by atoms with van der Waals surface area (Å²) >= 11 is 0. The fourth-order valence-electron chi connectivity index (χ4n) is 1.46. The average molecular weight is 246 g/mol. The molecule has 0 radical (unpaired) electrons. The Bertz CT molecular complexity index is 432. The van der Waals surface area contributed by atoms with Gasteiger partial charge in [0, 0.05) is 6.42 Å². The van der Waals surface area contributed by atoms with Gasteiger partial charge in [-0.25, -0.2) is 4.79 Å². The van der Waals surface area contributed by atoms with Gasteiger partial charge in [-0.1, -0.05) is 24.3 Å². The summed E-state index contributed by atoms with van der Waals surface area (Å²) in [7, 11) is 0. The summed E-state index contributed by atoms with van der Waals surface area (Å²) in [4.78, 5) is 11.8.